The van der Waals surface area contributed by atoms with Crippen molar-refractivity contribution >= 4 is 11.6 Å². The Labute approximate surface area is 196 Å². The second-order valence-electron chi connectivity index (χ2n) is 7.57. The van der Waals surface area contributed by atoms with E-state index in [1.54, 1.807) is 50.5 Å². The van der Waals surface area contributed by atoms with Crippen molar-refractivity contribution in [3.8, 4) is 22.9 Å². The molecule has 1 unspecified atom stereocenters. The van der Waals surface area contributed by atoms with Crippen LogP contribution in [-0.4, -0.2) is 55.6 Å². The van der Waals surface area contributed by atoms with Crippen molar-refractivity contribution in [2.24, 2.45) is 0 Å². The Hall–Kier alpha value is -3.92. The van der Waals surface area contributed by atoms with Crippen molar-refractivity contribution in [1.29, 1.82) is 0 Å². The van der Waals surface area contributed by atoms with Gasteiger partial charge in [-0.15, -0.1) is 0 Å². The van der Waals surface area contributed by atoms with Crippen molar-refractivity contribution in [3.05, 3.63) is 65.4 Å². The van der Waals surface area contributed by atoms with Crippen molar-refractivity contribution in [2.75, 3.05) is 34.5 Å². The predicted octanol–water partition coefficient (Wildman–Crippen LogP) is 4.04. The van der Waals surface area contributed by atoms with Gasteiger partial charge in [0.05, 0.1) is 39.0 Å². The Balaban J connectivity index is 1.81. The summed E-state index contributed by atoms with van der Waals surface area (Å²) in [7, 11) is 4.67. The molecule has 4 rings (SSSR count). The summed E-state index contributed by atoms with van der Waals surface area (Å²) in [4.78, 5) is 19.1. The van der Waals surface area contributed by atoms with Crippen LogP contribution < -0.4 is 14.8 Å². The van der Waals surface area contributed by atoms with Gasteiger partial charge in [0.25, 0.3) is 5.89 Å². The van der Waals surface area contributed by atoms with Gasteiger partial charge in [-0.2, -0.15) is 4.98 Å². The molecule has 1 atom stereocenters. The van der Waals surface area contributed by atoms with Gasteiger partial charge in [0.15, 0.2) is 11.5 Å². The molecule has 2 amide bonds. The first-order valence-electron chi connectivity index (χ1n) is 10.6. The summed E-state index contributed by atoms with van der Waals surface area (Å²) in [5, 5.41) is 7.09. The van der Waals surface area contributed by atoms with Crippen LogP contribution in [0.4, 0.5) is 9.18 Å². The standard InChI is InChI=1S/C24H25FN4O5/c1-14-20(23-27-22(28-34-23)15-5-8-17(25)9-6-15)21(26-24(30)29(14)11-12-31-2)16-7-10-18(32-3)19(13-16)33-4/h5-10,13,21H,11-12H2,1-4H3,(H,26,30). The molecule has 3 aromatic rings. The Morgan fingerprint density at radius 3 is 2.50 bits per heavy atom. The topological polar surface area (TPSA) is 99.0 Å². The maximum Gasteiger partial charge on any atom is 0.322 e. The van der Waals surface area contributed by atoms with Gasteiger partial charge in [0.2, 0.25) is 5.82 Å². The van der Waals surface area contributed by atoms with E-state index >= 15 is 0 Å². The van der Waals surface area contributed by atoms with Gasteiger partial charge in [0, 0.05) is 18.4 Å². The number of hydrogen-bond acceptors (Lipinski definition) is 7. The highest BCUT2D eigenvalue weighted by atomic mass is 19.1. The number of allylic oxidation sites excluding steroid dienone is 1. The second-order valence-corrected chi connectivity index (χ2v) is 7.57. The first-order chi connectivity index (χ1) is 16.5. The number of aromatic nitrogens is 2. The van der Waals surface area contributed by atoms with Gasteiger partial charge in [0.1, 0.15) is 5.82 Å². The zero-order valence-electron chi connectivity index (χ0n) is 19.3. The van der Waals surface area contributed by atoms with Crippen molar-refractivity contribution in [3.63, 3.8) is 0 Å². The molecule has 0 bridgehead atoms. The molecule has 0 aliphatic carbocycles. The number of halogens is 1. The lowest BCUT2D eigenvalue weighted by Crippen LogP contribution is -2.47. The molecule has 0 radical (unpaired) electrons. The highest BCUT2D eigenvalue weighted by Gasteiger charge is 2.36. The number of amides is 2. The first-order valence-corrected chi connectivity index (χ1v) is 10.6. The Morgan fingerprint density at radius 2 is 1.82 bits per heavy atom. The van der Waals surface area contributed by atoms with E-state index in [-0.39, 0.29) is 17.7 Å². The maximum absolute atomic E-state index is 13.3. The fourth-order valence-electron chi connectivity index (χ4n) is 3.84. The fourth-order valence-corrected chi connectivity index (χ4v) is 3.84. The second kappa shape index (κ2) is 9.92. The van der Waals surface area contributed by atoms with E-state index in [1.165, 1.54) is 12.1 Å². The molecule has 2 aromatic carbocycles. The molecule has 10 heteroatoms. The summed E-state index contributed by atoms with van der Waals surface area (Å²) >= 11 is 0. The molecule has 34 heavy (non-hydrogen) atoms. The number of carbonyl (C=O) groups excluding carboxylic acids is 1. The molecule has 0 saturated carbocycles. The summed E-state index contributed by atoms with van der Waals surface area (Å²) < 4.78 is 34.9. The average molecular weight is 468 g/mol. The molecular formula is C24H25FN4O5. The van der Waals surface area contributed by atoms with E-state index in [0.29, 0.717) is 47.3 Å². The molecule has 1 aliphatic heterocycles. The summed E-state index contributed by atoms with van der Waals surface area (Å²) in [6.07, 6.45) is 0. The van der Waals surface area contributed by atoms with Crippen LogP contribution >= 0.6 is 0 Å². The average Bonchev–Trinajstić information content (AvgIpc) is 3.33. The minimum Gasteiger partial charge on any atom is -0.493 e. The zero-order chi connectivity index (χ0) is 24.2. The molecule has 1 aliphatic rings. The molecule has 9 nitrogen and oxygen atoms in total. The molecule has 0 spiro atoms. The molecule has 2 heterocycles. The van der Waals surface area contributed by atoms with E-state index in [0.717, 1.165) is 5.56 Å². The van der Waals surface area contributed by atoms with E-state index in [1.807, 2.05) is 13.0 Å². The lowest BCUT2D eigenvalue weighted by atomic mass is 9.94. The lowest BCUT2D eigenvalue weighted by molar-refractivity contribution is 0.158. The van der Waals surface area contributed by atoms with Gasteiger partial charge in [-0.25, -0.2) is 9.18 Å². The number of methoxy groups -OCH3 is 3. The SMILES string of the molecule is COCCN1C(=O)NC(c2ccc(OC)c(OC)c2)C(c2nc(-c3ccc(F)cc3)no2)=C1C. The molecule has 0 saturated heterocycles. The number of benzene rings is 2. The third-order valence-corrected chi connectivity index (χ3v) is 5.62. The van der Waals surface area contributed by atoms with Crippen LogP contribution in [-0.2, 0) is 4.74 Å². The number of ether oxygens (including phenoxy) is 3. The number of nitrogens with zero attached hydrogens (tertiary/aromatic N) is 3. The van der Waals surface area contributed by atoms with Crippen molar-refractivity contribution in [2.45, 2.75) is 13.0 Å². The normalized spacial score (nSPS) is 16.0. The van der Waals surface area contributed by atoms with Crippen molar-refractivity contribution in [1.82, 2.24) is 20.4 Å². The van der Waals surface area contributed by atoms with E-state index in [4.69, 9.17) is 18.7 Å². The monoisotopic (exact) mass is 468 g/mol. The van der Waals surface area contributed by atoms with Crippen LogP contribution in [0.2, 0.25) is 0 Å². The molecule has 1 N–H and O–H groups in total. The Morgan fingerprint density at radius 1 is 1.09 bits per heavy atom. The van der Waals surface area contributed by atoms with Gasteiger partial charge in [-0.3, -0.25) is 4.90 Å². The van der Waals surface area contributed by atoms with E-state index in [9.17, 15) is 9.18 Å². The predicted molar refractivity (Wildman–Crippen MR) is 122 cm³/mol. The molecule has 1 aromatic heterocycles. The number of urea groups is 1. The first kappa shape index (κ1) is 23.2. The van der Waals surface area contributed by atoms with Crippen LogP contribution in [0, 0.1) is 5.82 Å². The molecule has 0 fully saturated rings. The van der Waals surface area contributed by atoms with Gasteiger partial charge >= 0.3 is 6.03 Å². The number of nitrogens with one attached hydrogen (secondary N) is 1. The van der Waals surface area contributed by atoms with Crippen LogP contribution in [0.5, 0.6) is 11.5 Å². The summed E-state index contributed by atoms with van der Waals surface area (Å²) in [6, 6.07) is 10.3. The highest BCUT2D eigenvalue weighted by Crippen LogP contribution is 2.40. The van der Waals surface area contributed by atoms with Gasteiger partial charge in [-0.05, 0) is 48.9 Å². The Kier molecular flexibility index (Phi) is 6.78. The lowest BCUT2D eigenvalue weighted by Gasteiger charge is -2.35. The molecule has 178 valence electrons. The number of carbonyl (C=O) groups is 1. The van der Waals surface area contributed by atoms with Gasteiger partial charge in [-0.1, -0.05) is 11.2 Å². The summed E-state index contributed by atoms with van der Waals surface area (Å²) in [5.74, 6) is 1.27. The molecular weight excluding hydrogens is 443 g/mol. The minimum atomic E-state index is -0.590. The van der Waals surface area contributed by atoms with Crippen LogP contribution in [0.15, 0.2) is 52.7 Å². The van der Waals surface area contributed by atoms with Crippen molar-refractivity contribution < 1.29 is 27.9 Å². The fraction of sp³-hybridized carbons (Fsp3) is 0.292. The minimum absolute atomic E-state index is 0.235. The third-order valence-electron chi connectivity index (χ3n) is 5.62. The van der Waals surface area contributed by atoms with Crippen LogP contribution in [0.25, 0.3) is 17.0 Å². The highest BCUT2D eigenvalue weighted by molar-refractivity contribution is 5.87. The maximum atomic E-state index is 13.3. The van der Waals surface area contributed by atoms with E-state index < -0.39 is 6.04 Å². The Bertz CT molecular complexity index is 1210. The smallest absolute Gasteiger partial charge is 0.322 e. The van der Waals surface area contributed by atoms with Crippen LogP contribution in [0.1, 0.15) is 24.4 Å². The zero-order valence-corrected chi connectivity index (χ0v) is 19.3. The number of hydrogen-bond donors (Lipinski definition) is 1. The summed E-state index contributed by atoms with van der Waals surface area (Å²) in [5.41, 5.74) is 2.63. The summed E-state index contributed by atoms with van der Waals surface area (Å²) in [6.45, 7) is 2.51. The van der Waals surface area contributed by atoms with Gasteiger partial charge < -0.3 is 24.1 Å². The van der Waals surface area contributed by atoms with Crippen LogP contribution in [0.3, 0.4) is 0 Å². The quantitative estimate of drug-likeness (QED) is 0.533. The number of rotatable bonds is 8. The largest absolute Gasteiger partial charge is 0.493 e. The third kappa shape index (κ3) is 4.44. The van der Waals surface area contributed by atoms with E-state index in [2.05, 4.69) is 15.5 Å².